The second kappa shape index (κ2) is 4.46. The number of fused-ring (bicyclic) bond motifs is 1. The number of rotatable bonds is 1. The maximum absolute atomic E-state index is 12.5. The molecule has 0 fully saturated rings. The summed E-state index contributed by atoms with van der Waals surface area (Å²) in [6, 6.07) is 14.4. The van der Waals surface area contributed by atoms with E-state index in [1.807, 2.05) is 31.2 Å². The number of aryl methyl sites for hydroxylation is 1. The van der Waals surface area contributed by atoms with Gasteiger partial charge in [-0.25, -0.2) is 0 Å². The van der Waals surface area contributed by atoms with Gasteiger partial charge >= 0.3 is 0 Å². The Labute approximate surface area is 117 Å². The van der Waals surface area contributed by atoms with E-state index in [0.717, 1.165) is 5.56 Å². The third-order valence-electron chi connectivity index (χ3n) is 3.83. The summed E-state index contributed by atoms with van der Waals surface area (Å²) >= 11 is 0. The van der Waals surface area contributed by atoms with E-state index in [0.29, 0.717) is 16.9 Å². The second-order valence-electron chi connectivity index (χ2n) is 5.25. The van der Waals surface area contributed by atoms with E-state index < -0.39 is 11.7 Å². The van der Waals surface area contributed by atoms with Crippen molar-refractivity contribution < 1.29 is 14.6 Å². The summed E-state index contributed by atoms with van der Waals surface area (Å²) in [6.07, 6.45) is 0. The minimum atomic E-state index is -1.61. The Balaban J connectivity index is 2.13. The zero-order valence-corrected chi connectivity index (χ0v) is 11.5. The van der Waals surface area contributed by atoms with Crippen LogP contribution in [0.25, 0.3) is 0 Å². The maximum atomic E-state index is 12.5. The van der Waals surface area contributed by atoms with Gasteiger partial charge in [0.25, 0.3) is 0 Å². The van der Waals surface area contributed by atoms with Crippen LogP contribution in [0.15, 0.2) is 48.5 Å². The van der Waals surface area contributed by atoms with Gasteiger partial charge in [0.2, 0.25) is 5.79 Å². The molecule has 1 heterocycles. The highest BCUT2D eigenvalue weighted by atomic mass is 16.6. The van der Waals surface area contributed by atoms with Crippen molar-refractivity contribution in [1.82, 2.24) is 0 Å². The third kappa shape index (κ3) is 1.82. The molecule has 102 valence electrons. The van der Waals surface area contributed by atoms with E-state index in [9.17, 15) is 9.90 Å². The molecule has 2 atom stereocenters. The Morgan fingerprint density at radius 2 is 1.85 bits per heavy atom. The normalized spacial score (nSPS) is 24.9. The molecular formula is C17H16O3. The average molecular weight is 268 g/mol. The van der Waals surface area contributed by atoms with Crippen LogP contribution in [0.4, 0.5) is 0 Å². The monoisotopic (exact) mass is 268 g/mol. The van der Waals surface area contributed by atoms with E-state index in [1.165, 1.54) is 0 Å². The first-order valence-corrected chi connectivity index (χ1v) is 6.64. The summed E-state index contributed by atoms with van der Waals surface area (Å²) < 4.78 is 5.78. The molecule has 2 aromatic rings. The number of ether oxygens (including phenoxy) is 1. The van der Waals surface area contributed by atoms with Crippen LogP contribution in [0.2, 0.25) is 0 Å². The molecule has 0 bridgehead atoms. The number of ketones is 1. The van der Waals surface area contributed by atoms with E-state index in [-0.39, 0.29) is 5.78 Å². The Hall–Kier alpha value is -2.13. The first-order valence-electron chi connectivity index (χ1n) is 6.64. The van der Waals surface area contributed by atoms with Crippen molar-refractivity contribution in [1.29, 1.82) is 0 Å². The number of carbonyl (C=O) groups is 1. The van der Waals surface area contributed by atoms with Crippen LogP contribution >= 0.6 is 0 Å². The molecule has 3 heteroatoms. The molecule has 0 saturated heterocycles. The maximum Gasteiger partial charge on any atom is 0.244 e. The highest BCUT2D eigenvalue weighted by Gasteiger charge is 2.47. The molecule has 0 amide bonds. The van der Waals surface area contributed by atoms with Gasteiger partial charge in [0.1, 0.15) is 5.75 Å². The van der Waals surface area contributed by atoms with E-state index in [1.54, 1.807) is 31.2 Å². The lowest BCUT2D eigenvalue weighted by Crippen LogP contribution is -2.46. The number of carbonyl (C=O) groups excluding carboxylic acids is 1. The highest BCUT2D eigenvalue weighted by molar-refractivity contribution is 6.02. The van der Waals surface area contributed by atoms with Crippen molar-refractivity contribution >= 4 is 5.78 Å². The molecule has 1 N–H and O–H groups in total. The van der Waals surface area contributed by atoms with Crippen molar-refractivity contribution in [2.75, 3.05) is 0 Å². The number of Topliss-reactive ketones (excluding diaryl/α,β-unsaturated/α-hetero) is 1. The van der Waals surface area contributed by atoms with Crippen LogP contribution in [0.5, 0.6) is 5.75 Å². The molecule has 1 aliphatic rings. The topological polar surface area (TPSA) is 46.5 Å². The molecule has 3 nitrogen and oxygen atoms in total. The fraction of sp³-hybridized carbons (Fsp3) is 0.235. The standard InChI is InChI=1S/C17H16O3/c1-11-8-9-15-14(10-11)16(18)12(2)17(19,20-15)13-6-4-3-5-7-13/h3-10,12,19H,1-2H3/t12-,17+/m0/s1. The molecule has 3 rings (SSSR count). The zero-order chi connectivity index (χ0) is 14.3. The fourth-order valence-electron chi connectivity index (χ4n) is 2.58. The zero-order valence-electron chi connectivity index (χ0n) is 11.5. The first-order chi connectivity index (χ1) is 9.52. The highest BCUT2D eigenvalue weighted by Crippen LogP contribution is 2.41. The lowest BCUT2D eigenvalue weighted by Gasteiger charge is -2.38. The molecule has 0 unspecified atom stereocenters. The summed E-state index contributed by atoms with van der Waals surface area (Å²) in [6.45, 7) is 3.62. The van der Waals surface area contributed by atoms with Crippen LogP contribution < -0.4 is 4.74 Å². The molecule has 0 spiro atoms. The molecule has 20 heavy (non-hydrogen) atoms. The molecule has 0 aliphatic carbocycles. The predicted octanol–water partition coefficient (Wildman–Crippen LogP) is 3.05. The molecule has 0 radical (unpaired) electrons. The Bertz CT molecular complexity index is 663. The summed E-state index contributed by atoms with van der Waals surface area (Å²) in [5, 5.41) is 10.9. The Kier molecular flexibility index (Phi) is 2.87. The van der Waals surface area contributed by atoms with Gasteiger partial charge in [-0.1, -0.05) is 42.0 Å². The SMILES string of the molecule is Cc1ccc2c(c1)C(=O)[C@H](C)[C@](O)(c1ccccc1)O2. The van der Waals surface area contributed by atoms with Crippen LogP contribution in [0.3, 0.4) is 0 Å². The molecule has 0 saturated carbocycles. The van der Waals surface area contributed by atoms with Gasteiger partial charge in [0, 0.05) is 5.56 Å². The fourth-order valence-corrected chi connectivity index (χ4v) is 2.58. The quantitative estimate of drug-likeness (QED) is 0.864. The lowest BCUT2D eigenvalue weighted by molar-refractivity contribution is -0.176. The van der Waals surface area contributed by atoms with Gasteiger partial charge in [0.15, 0.2) is 5.78 Å². The number of hydrogen-bond acceptors (Lipinski definition) is 3. The van der Waals surface area contributed by atoms with Gasteiger partial charge in [-0.3, -0.25) is 4.79 Å². The van der Waals surface area contributed by atoms with Crippen molar-refractivity contribution in [2.45, 2.75) is 19.6 Å². The predicted molar refractivity (Wildman–Crippen MR) is 75.6 cm³/mol. The van der Waals surface area contributed by atoms with Gasteiger partial charge in [-0.15, -0.1) is 0 Å². The van der Waals surface area contributed by atoms with Gasteiger partial charge in [-0.2, -0.15) is 0 Å². The summed E-state index contributed by atoms with van der Waals surface area (Å²) in [4.78, 5) is 12.5. The number of aliphatic hydroxyl groups is 1. The minimum absolute atomic E-state index is 0.0960. The molecule has 2 aromatic carbocycles. The third-order valence-corrected chi connectivity index (χ3v) is 3.83. The Morgan fingerprint density at radius 1 is 1.15 bits per heavy atom. The van der Waals surface area contributed by atoms with Crippen molar-refractivity contribution in [3.05, 3.63) is 65.2 Å². The Morgan fingerprint density at radius 3 is 2.55 bits per heavy atom. The largest absolute Gasteiger partial charge is 0.457 e. The summed E-state index contributed by atoms with van der Waals surface area (Å²) in [7, 11) is 0. The van der Waals surface area contributed by atoms with Crippen LogP contribution in [0, 0.1) is 12.8 Å². The first kappa shape index (κ1) is 12.9. The van der Waals surface area contributed by atoms with Gasteiger partial charge in [0.05, 0.1) is 11.5 Å². The van der Waals surface area contributed by atoms with Crippen molar-refractivity contribution in [2.24, 2.45) is 5.92 Å². The minimum Gasteiger partial charge on any atom is -0.457 e. The van der Waals surface area contributed by atoms with E-state index in [2.05, 4.69) is 0 Å². The van der Waals surface area contributed by atoms with E-state index in [4.69, 9.17) is 4.74 Å². The van der Waals surface area contributed by atoms with Gasteiger partial charge in [-0.05, 0) is 26.0 Å². The average Bonchev–Trinajstić information content (AvgIpc) is 2.47. The van der Waals surface area contributed by atoms with Gasteiger partial charge < -0.3 is 9.84 Å². The molecule has 0 aromatic heterocycles. The van der Waals surface area contributed by atoms with Crippen LogP contribution in [-0.2, 0) is 5.79 Å². The molecular weight excluding hydrogens is 252 g/mol. The van der Waals surface area contributed by atoms with Crippen LogP contribution in [-0.4, -0.2) is 10.9 Å². The summed E-state index contributed by atoms with van der Waals surface area (Å²) in [5.74, 6) is -1.92. The second-order valence-corrected chi connectivity index (χ2v) is 5.25. The molecule has 1 aliphatic heterocycles. The summed E-state index contributed by atoms with van der Waals surface area (Å²) in [5.41, 5.74) is 2.13. The lowest BCUT2D eigenvalue weighted by atomic mass is 9.84. The van der Waals surface area contributed by atoms with E-state index >= 15 is 0 Å². The number of hydrogen-bond donors (Lipinski definition) is 1. The van der Waals surface area contributed by atoms with Crippen molar-refractivity contribution in [3.8, 4) is 5.75 Å². The smallest absolute Gasteiger partial charge is 0.244 e. The van der Waals surface area contributed by atoms with Crippen LogP contribution in [0.1, 0.15) is 28.4 Å². The number of benzene rings is 2. The van der Waals surface area contributed by atoms with Crippen molar-refractivity contribution in [3.63, 3.8) is 0 Å².